The van der Waals surface area contributed by atoms with E-state index in [9.17, 15) is 19.5 Å². The first-order valence-corrected chi connectivity index (χ1v) is 6.97. The van der Waals surface area contributed by atoms with E-state index in [1.807, 2.05) is 6.92 Å². The highest BCUT2D eigenvalue weighted by Crippen LogP contribution is 2.37. The second kappa shape index (κ2) is 6.72. The van der Waals surface area contributed by atoms with Gasteiger partial charge in [0.15, 0.2) is 0 Å². The van der Waals surface area contributed by atoms with Gasteiger partial charge in [-0.05, 0) is 18.8 Å². The van der Waals surface area contributed by atoms with Crippen molar-refractivity contribution in [2.75, 3.05) is 20.6 Å². The number of carbonyl (C=O) groups is 3. The quantitative estimate of drug-likeness (QED) is 0.773. The lowest BCUT2D eigenvalue weighted by Crippen LogP contribution is -2.41. The molecular formula is C14H24N2O4. The molecule has 1 aliphatic rings. The molecule has 0 saturated heterocycles. The third kappa shape index (κ3) is 3.71. The normalized spacial score (nSPS) is 26.9. The van der Waals surface area contributed by atoms with E-state index >= 15 is 0 Å². The van der Waals surface area contributed by atoms with Gasteiger partial charge in [-0.15, -0.1) is 0 Å². The molecule has 0 aromatic rings. The molecular weight excluding hydrogens is 260 g/mol. The number of nitrogens with zero attached hydrogens (tertiary/aromatic N) is 1. The Morgan fingerprint density at radius 3 is 2.35 bits per heavy atom. The fourth-order valence-electron chi connectivity index (χ4n) is 2.95. The highest BCUT2D eigenvalue weighted by Gasteiger charge is 2.42. The molecule has 2 unspecified atom stereocenters. The number of hydrogen-bond acceptors (Lipinski definition) is 3. The number of amides is 2. The number of nitrogens with one attached hydrogen (secondary N) is 1. The van der Waals surface area contributed by atoms with E-state index in [2.05, 4.69) is 5.32 Å². The first kappa shape index (κ1) is 16.5. The van der Waals surface area contributed by atoms with Crippen LogP contribution in [0.1, 0.15) is 26.7 Å². The van der Waals surface area contributed by atoms with Crippen molar-refractivity contribution < 1.29 is 19.5 Å². The van der Waals surface area contributed by atoms with Crippen molar-refractivity contribution in [1.82, 2.24) is 10.2 Å². The maximum Gasteiger partial charge on any atom is 0.307 e. The van der Waals surface area contributed by atoms with Crippen LogP contribution in [0, 0.1) is 23.7 Å². The van der Waals surface area contributed by atoms with Crippen molar-refractivity contribution in [3.8, 4) is 0 Å². The average molecular weight is 284 g/mol. The van der Waals surface area contributed by atoms with Gasteiger partial charge in [-0.25, -0.2) is 0 Å². The van der Waals surface area contributed by atoms with Crippen LogP contribution in [0.25, 0.3) is 0 Å². The Labute approximate surface area is 119 Å². The van der Waals surface area contributed by atoms with Gasteiger partial charge in [0.05, 0.1) is 17.8 Å². The smallest absolute Gasteiger partial charge is 0.307 e. The second-order valence-electron chi connectivity index (χ2n) is 5.86. The molecule has 0 spiro atoms. The van der Waals surface area contributed by atoms with Crippen LogP contribution in [0.5, 0.6) is 0 Å². The van der Waals surface area contributed by atoms with Crippen LogP contribution >= 0.6 is 0 Å². The molecule has 2 amide bonds. The van der Waals surface area contributed by atoms with E-state index in [-0.39, 0.29) is 23.7 Å². The van der Waals surface area contributed by atoms with E-state index in [0.29, 0.717) is 19.4 Å². The van der Waals surface area contributed by atoms with E-state index in [0.717, 1.165) is 0 Å². The number of aliphatic carboxylic acids is 1. The minimum atomic E-state index is -0.902. The molecule has 4 atom stereocenters. The molecule has 20 heavy (non-hydrogen) atoms. The van der Waals surface area contributed by atoms with Crippen molar-refractivity contribution in [2.24, 2.45) is 23.7 Å². The molecule has 0 radical (unpaired) electrons. The molecule has 0 bridgehead atoms. The van der Waals surface area contributed by atoms with Gasteiger partial charge in [-0.3, -0.25) is 14.4 Å². The van der Waals surface area contributed by atoms with Crippen LogP contribution in [0.15, 0.2) is 0 Å². The van der Waals surface area contributed by atoms with Crippen LogP contribution in [0.3, 0.4) is 0 Å². The maximum absolute atomic E-state index is 12.4. The summed E-state index contributed by atoms with van der Waals surface area (Å²) in [5.74, 6) is -2.33. The fraction of sp³-hybridized carbons (Fsp3) is 0.786. The maximum atomic E-state index is 12.4. The van der Waals surface area contributed by atoms with Crippen LogP contribution in [0.4, 0.5) is 0 Å². The molecule has 1 saturated carbocycles. The second-order valence-corrected chi connectivity index (χ2v) is 5.86. The summed E-state index contributed by atoms with van der Waals surface area (Å²) in [4.78, 5) is 36.6. The van der Waals surface area contributed by atoms with Crippen molar-refractivity contribution in [2.45, 2.75) is 26.7 Å². The first-order valence-electron chi connectivity index (χ1n) is 6.97. The number of hydrogen-bond donors (Lipinski definition) is 2. The molecule has 1 fully saturated rings. The van der Waals surface area contributed by atoms with Crippen molar-refractivity contribution >= 4 is 17.8 Å². The Bertz CT molecular complexity index is 397. The number of rotatable bonds is 5. The Morgan fingerprint density at radius 2 is 1.85 bits per heavy atom. The summed E-state index contributed by atoms with van der Waals surface area (Å²) in [5, 5.41) is 11.7. The zero-order valence-electron chi connectivity index (χ0n) is 12.5. The largest absolute Gasteiger partial charge is 0.481 e. The van der Waals surface area contributed by atoms with Gasteiger partial charge in [-0.2, -0.15) is 0 Å². The predicted octanol–water partition coefficient (Wildman–Crippen LogP) is 0.574. The van der Waals surface area contributed by atoms with Crippen molar-refractivity contribution in [3.63, 3.8) is 0 Å². The molecule has 0 aromatic heterocycles. The Balaban J connectivity index is 2.68. The fourth-order valence-corrected chi connectivity index (χ4v) is 2.95. The van der Waals surface area contributed by atoms with Crippen LogP contribution < -0.4 is 5.32 Å². The summed E-state index contributed by atoms with van der Waals surface area (Å²) in [6, 6.07) is 0. The van der Waals surface area contributed by atoms with Crippen LogP contribution in [0.2, 0.25) is 0 Å². The summed E-state index contributed by atoms with van der Waals surface area (Å²) in [6.07, 6.45) is 1.15. The lowest BCUT2D eigenvalue weighted by atomic mass is 9.94. The highest BCUT2D eigenvalue weighted by atomic mass is 16.4. The number of carbonyl (C=O) groups excluding carboxylic acids is 2. The lowest BCUT2D eigenvalue weighted by molar-refractivity contribution is -0.149. The summed E-state index contributed by atoms with van der Waals surface area (Å²) in [6.45, 7) is 4.01. The zero-order valence-corrected chi connectivity index (χ0v) is 12.5. The third-order valence-electron chi connectivity index (χ3n) is 4.05. The summed E-state index contributed by atoms with van der Waals surface area (Å²) >= 11 is 0. The molecule has 0 aromatic carbocycles. The van der Waals surface area contributed by atoms with Crippen molar-refractivity contribution in [3.05, 3.63) is 0 Å². The highest BCUT2D eigenvalue weighted by molar-refractivity contribution is 5.86. The van der Waals surface area contributed by atoms with E-state index in [1.165, 1.54) is 4.90 Å². The topological polar surface area (TPSA) is 86.7 Å². The first-order chi connectivity index (χ1) is 9.27. The minimum absolute atomic E-state index is 0.126. The van der Waals surface area contributed by atoms with Crippen LogP contribution in [-0.4, -0.2) is 48.4 Å². The number of carboxylic acid groups (broad SMARTS) is 1. The molecule has 1 rings (SSSR count). The van der Waals surface area contributed by atoms with E-state index in [4.69, 9.17) is 0 Å². The average Bonchev–Trinajstić information content (AvgIpc) is 2.78. The number of carboxylic acids is 1. The van der Waals surface area contributed by atoms with E-state index < -0.39 is 17.8 Å². The van der Waals surface area contributed by atoms with Gasteiger partial charge in [0.25, 0.3) is 0 Å². The minimum Gasteiger partial charge on any atom is -0.481 e. The Kier molecular flexibility index (Phi) is 5.53. The summed E-state index contributed by atoms with van der Waals surface area (Å²) in [5.41, 5.74) is 0. The molecule has 2 N–H and O–H groups in total. The van der Waals surface area contributed by atoms with Gasteiger partial charge >= 0.3 is 5.97 Å². The monoisotopic (exact) mass is 284 g/mol. The van der Waals surface area contributed by atoms with E-state index in [1.54, 1.807) is 21.0 Å². The van der Waals surface area contributed by atoms with Gasteiger partial charge < -0.3 is 15.3 Å². The van der Waals surface area contributed by atoms with Gasteiger partial charge in [-0.1, -0.05) is 13.8 Å². The third-order valence-corrected chi connectivity index (χ3v) is 4.05. The molecule has 6 nitrogen and oxygen atoms in total. The Morgan fingerprint density at radius 1 is 1.30 bits per heavy atom. The van der Waals surface area contributed by atoms with Gasteiger partial charge in [0.1, 0.15) is 0 Å². The van der Waals surface area contributed by atoms with Crippen molar-refractivity contribution in [1.29, 1.82) is 0 Å². The van der Waals surface area contributed by atoms with Gasteiger partial charge in [0, 0.05) is 20.6 Å². The van der Waals surface area contributed by atoms with Crippen LogP contribution in [-0.2, 0) is 14.4 Å². The lowest BCUT2D eigenvalue weighted by Gasteiger charge is -2.25. The summed E-state index contributed by atoms with van der Waals surface area (Å²) < 4.78 is 0. The SMILES string of the molecule is CNC(=O)C(C)CN(C)C(=O)[C@H]1CC(C)C[C@H]1C(=O)O. The summed E-state index contributed by atoms with van der Waals surface area (Å²) in [7, 11) is 3.18. The molecule has 0 heterocycles. The molecule has 0 aliphatic heterocycles. The van der Waals surface area contributed by atoms with Gasteiger partial charge in [0.2, 0.25) is 11.8 Å². The zero-order chi connectivity index (χ0) is 15.4. The molecule has 1 aliphatic carbocycles. The standard InChI is InChI=1S/C14H24N2O4/c1-8-5-10(11(6-8)14(19)20)13(18)16(4)7-9(2)12(17)15-3/h8-11H,5-7H2,1-4H3,(H,15,17)(H,19,20)/t8?,9?,10-,11+/m0/s1. The molecule has 6 heteroatoms. The molecule has 114 valence electrons. The Hall–Kier alpha value is -1.59. The predicted molar refractivity (Wildman–Crippen MR) is 73.9 cm³/mol.